The molecular weight excluding hydrogens is 382 g/mol. The molecular formula is C19H17N3O5S. The first-order valence-corrected chi connectivity index (χ1v) is 9.17. The first-order chi connectivity index (χ1) is 13.6. The monoisotopic (exact) mass is 399 g/mol. The number of para-hydroxylation sites is 1. The second-order valence-corrected chi connectivity index (χ2v) is 6.48. The van der Waals surface area contributed by atoms with Crippen LogP contribution < -0.4 is 20.9 Å². The van der Waals surface area contributed by atoms with E-state index in [4.69, 9.17) is 9.15 Å². The first-order valence-electron chi connectivity index (χ1n) is 8.29. The molecule has 3 N–H and O–H groups in total. The van der Waals surface area contributed by atoms with Gasteiger partial charge in [0.15, 0.2) is 5.76 Å². The highest BCUT2D eigenvalue weighted by molar-refractivity contribution is 7.12. The van der Waals surface area contributed by atoms with Crippen molar-refractivity contribution in [1.82, 2.24) is 16.2 Å². The fourth-order valence-electron chi connectivity index (χ4n) is 2.14. The summed E-state index contributed by atoms with van der Waals surface area (Å²) in [6.45, 7) is -0.107. The van der Waals surface area contributed by atoms with E-state index in [0.717, 1.165) is 0 Å². The van der Waals surface area contributed by atoms with Crippen molar-refractivity contribution in [1.29, 1.82) is 0 Å². The molecule has 0 aliphatic rings. The number of nitrogens with one attached hydrogen (secondary N) is 3. The van der Waals surface area contributed by atoms with E-state index in [1.54, 1.807) is 23.6 Å². The fourth-order valence-corrected chi connectivity index (χ4v) is 2.78. The number of hydrogen-bond donors (Lipinski definition) is 3. The molecule has 1 aromatic carbocycles. The van der Waals surface area contributed by atoms with Gasteiger partial charge >= 0.3 is 5.91 Å². The lowest BCUT2D eigenvalue weighted by Gasteiger charge is -2.07. The molecule has 0 fully saturated rings. The van der Waals surface area contributed by atoms with E-state index in [1.807, 2.05) is 30.3 Å². The lowest BCUT2D eigenvalue weighted by molar-refractivity contribution is -0.120. The van der Waals surface area contributed by atoms with Gasteiger partial charge in [-0.15, -0.1) is 11.3 Å². The number of rotatable bonds is 7. The Kier molecular flexibility index (Phi) is 6.42. The highest BCUT2D eigenvalue weighted by Gasteiger charge is 2.13. The van der Waals surface area contributed by atoms with Crippen LogP contribution in [0.15, 0.2) is 64.4 Å². The Morgan fingerprint density at radius 1 is 0.929 bits per heavy atom. The van der Waals surface area contributed by atoms with Gasteiger partial charge in [0.2, 0.25) is 0 Å². The van der Waals surface area contributed by atoms with Crippen LogP contribution in [0.25, 0.3) is 0 Å². The minimum atomic E-state index is -0.621. The topological polar surface area (TPSA) is 110 Å². The fraction of sp³-hybridized carbons (Fsp3) is 0.105. The van der Waals surface area contributed by atoms with Crippen molar-refractivity contribution in [3.8, 4) is 5.75 Å². The minimum Gasteiger partial charge on any atom is -0.486 e. The van der Waals surface area contributed by atoms with Crippen LogP contribution in [-0.2, 0) is 11.4 Å². The smallest absolute Gasteiger partial charge is 0.305 e. The second-order valence-electron chi connectivity index (χ2n) is 5.53. The van der Waals surface area contributed by atoms with Gasteiger partial charge in [0.25, 0.3) is 11.8 Å². The van der Waals surface area contributed by atoms with E-state index in [2.05, 4.69) is 16.2 Å². The van der Waals surface area contributed by atoms with Gasteiger partial charge in [0.05, 0.1) is 11.4 Å². The molecule has 3 amide bonds. The summed E-state index contributed by atoms with van der Waals surface area (Å²) < 4.78 is 10.9. The molecule has 0 radical (unpaired) electrons. The van der Waals surface area contributed by atoms with E-state index < -0.39 is 11.8 Å². The maximum atomic E-state index is 12.0. The molecule has 144 valence electrons. The van der Waals surface area contributed by atoms with Crippen molar-refractivity contribution in [2.75, 3.05) is 6.54 Å². The lowest BCUT2D eigenvalue weighted by Crippen LogP contribution is -2.46. The summed E-state index contributed by atoms with van der Waals surface area (Å²) in [4.78, 5) is 36.0. The number of benzene rings is 1. The molecule has 3 rings (SSSR count). The third-order valence-corrected chi connectivity index (χ3v) is 4.35. The largest absolute Gasteiger partial charge is 0.486 e. The quantitative estimate of drug-likeness (QED) is 0.527. The molecule has 9 heteroatoms. The van der Waals surface area contributed by atoms with Crippen LogP contribution in [0.3, 0.4) is 0 Å². The predicted octanol–water partition coefficient (Wildman–Crippen LogP) is 2.11. The first kappa shape index (κ1) is 19.2. The number of amides is 3. The summed E-state index contributed by atoms with van der Waals surface area (Å²) >= 11 is 1.27. The summed E-state index contributed by atoms with van der Waals surface area (Å²) in [6, 6.07) is 15.7. The molecule has 0 aliphatic carbocycles. The van der Waals surface area contributed by atoms with Crippen LogP contribution in [-0.4, -0.2) is 24.3 Å². The number of furan rings is 1. The maximum absolute atomic E-state index is 12.0. The van der Waals surface area contributed by atoms with Gasteiger partial charge in [-0.3, -0.25) is 25.2 Å². The molecule has 2 heterocycles. The van der Waals surface area contributed by atoms with Gasteiger partial charge in [-0.2, -0.15) is 0 Å². The van der Waals surface area contributed by atoms with Crippen molar-refractivity contribution < 1.29 is 23.5 Å². The van der Waals surface area contributed by atoms with Crippen LogP contribution in [0.4, 0.5) is 0 Å². The van der Waals surface area contributed by atoms with Crippen LogP contribution in [0.1, 0.15) is 26.0 Å². The Hall–Kier alpha value is -3.59. The Morgan fingerprint density at radius 3 is 2.50 bits per heavy atom. The normalized spacial score (nSPS) is 10.1. The van der Waals surface area contributed by atoms with Crippen LogP contribution >= 0.6 is 11.3 Å². The van der Waals surface area contributed by atoms with Crippen LogP contribution in [0, 0.1) is 0 Å². The molecule has 28 heavy (non-hydrogen) atoms. The van der Waals surface area contributed by atoms with Crippen molar-refractivity contribution in [3.63, 3.8) is 0 Å². The molecule has 0 bridgehead atoms. The summed E-state index contributed by atoms with van der Waals surface area (Å²) in [5.41, 5.74) is 4.43. The van der Waals surface area contributed by atoms with Gasteiger partial charge in [-0.1, -0.05) is 24.3 Å². The van der Waals surface area contributed by atoms with Gasteiger partial charge in [-0.25, -0.2) is 0 Å². The Morgan fingerprint density at radius 2 is 1.75 bits per heavy atom. The van der Waals surface area contributed by atoms with Crippen molar-refractivity contribution in [3.05, 3.63) is 76.4 Å². The van der Waals surface area contributed by atoms with Crippen molar-refractivity contribution in [2.24, 2.45) is 0 Å². The average Bonchev–Trinajstić information content (AvgIpc) is 3.41. The molecule has 8 nitrogen and oxygen atoms in total. The molecule has 0 atom stereocenters. The Balaban J connectivity index is 1.40. The van der Waals surface area contributed by atoms with E-state index in [1.165, 1.54) is 17.4 Å². The highest BCUT2D eigenvalue weighted by Crippen LogP contribution is 2.13. The molecule has 0 unspecified atom stereocenters. The SMILES string of the molecule is O=C(CNC(=O)c1cccs1)NNC(=O)c1ccc(COc2ccccc2)o1. The zero-order chi connectivity index (χ0) is 19.8. The van der Waals surface area contributed by atoms with Crippen molar-refractivity contribution >= 4 is 29.1 Å². The summed E-state index contributed by atoms with van der Waals surface area (Å²) in [5, 5.41) is 4.21. The molecule has 0 spiro atoms. The molecule has 3 aromatic rings. The number of ether oxygens (including phenoxy) is 1. The minimum absolute atomic E-state index is 0.0228. The standard InChI is InChI=1S/C19H17N3O5S/c23-17(11-20-19(25)16-7-4-10-28-16)21-22-18(24)15-9-8-14(27-15)12-26-13-5-2-1-3-6-13/h1-10H,11-12H2,(H,20,25)(H,21,23)(H,22,24). The summed E-state index contributed by atoms with van der Waals surface area (Å²) in [6.07, 6.45) is 0. The van der Waals surface area contributed by atoms with E-state index >= 15 is 0 Å². The second kappa shape index (κ2) is 9.38. The van der Waals surface area contributed by atoms with E-state index in [9.17, 15) is 14.4 Å². The third-order valence-electron chi connectivity index (χ3n) is 3.48. The molecule has 0 saturated carbocycles. The van der Waals surface area contributed by atoms with E-state index in [-0.39, 0.29) is 24.8 Å². The highest BCUT2D eigenvalue weighted by atomic mass is 32.1. The Bertz CT molecular complexity index is 938. The van der Waals surface area contributed by atoms with Gasteiger partial charge in [0, 0.05) is 0 Å². The van der Waals surface area contributed by atoms with Gasteiger partial charge < -0.3 is 14.5 Å². The van der Waals surface area contributed by atoms with Gasteiger partial charge in [-0.05, 0) is 35.7 Å². The zero-order valence-corrected chi connectivity index (χ0v) is 15.5. The molecule has 0 aliphatic heterocycles. The average molecular weight is 399 g/mol. The van der Waals surface area contributed by atoms with Crippen LogP contribution in [0.2, 0.25) is 0 Å². The zero-order valence-electron chi connectivity index (χ0n) is 14.6. The maximum Gasteiger partial charge on any atom is 0.305 e. The molecule has 2 aromatic heterocycles. The summed E-state index contributed by atoms with van der Waals surface area (Å²) in [5.74, 6) is -0.383. The number of thiophene rings is 1. The van der Waals surface area contributed by atoms with Gasteiger partial charge in [0.1, 0.15) is 18.1 Å². The summed E-state index contributed by atoms with van der Waals surface area (Å²) in [7, 11) is 0. The van der Waals surface area contributed by atoms with E-state index in [0.29, 0.717) is 16.4 Å². The Labute approximate surface area is 164 Å². The lowest BCUT2D eigenvalue weighted by atomic mass is 10.3. The predicted molar refractivity (Wildman–Crippen MR) is 102 cm³/mol. The number of carbonyl (C=O) groups excluding carboxylic acids is 3. The van der Waals surface area contributed by atoms with Crippen LogP contribution in [0.5, 0.6) is 5.75 Å². The number of carbonyl (C=O) groups is 3. The third kappa shape index (κ3) is 5.45. The number of hydrogen-bond acceptors (Lipinski definition) is 6. The van der Waals surface area contributed by atoms with Crippen molar-refractivity contribution in [2.45, 2.75) is 6.61 Å². The number of hydrazine groups is 1. The molecule has 0 saturated heterocycles.